The van der Waals surface area contributed by atoms with E-state index in [1.54, 1.807) is 28.5 Å². The van der Waals surface area contributed by atoms with Crippen molar-refractivity contribution in [2.45, 2.75) is 13.8 Å². The Balaban J connectivity index is 1.81. The summed E-state index contributed by atoms with van der Waals surface area (Å²) in [6.07, 6.45) is 2.77. The van der Waals surface area contributed by atoms with Gasteiger partial charge in [-0.3, -0.25) is 14.3 Å². The van der Waals surface area contributed by atoms with Gasteiger partial charge in [0.1, 0.15) is 11.8 Å². The molecule has 0 aliphatic rings. The maximum absolute atomic E-state index is 12.9. The lowest BCUT2D eigenvalue weighted by Crippen LogP contribution is -2.19. The summed E-state index contributed by atoms with van der Waals surface area (Å²) in [5, 5.41) is 0.496. The summed E-state index contributed by atoms with van der Waals surface area (Å²) in [6.45, 7) is 3.73. The van der Waals surface area contributed by atoms with E-state index in [0.29, 0.717) is 22.2 Å². The van der Waals surface area contributed by atoms with Gasteiger partial charge in [-0.15, -0.1) is 0 Å². The van der Waals surface area contributed by atoms with Crippen molar-refractivity contribution in [1.29, 1.82) is 0 Å². The number of fused-ring (bicyclic) bond motifs is 1. The molecular formula is C22H19N3O3. The van der Waals surface area contributed by atoms with E-state index in [1.807, 2.05) is 50.2 Å². The fraction of sp³-hybridized carbons (Fsp3) is 0.136. The van der Waals surface area contributed by atoms with Crippen LogP contribution in [-0.4, -0.2) is 15.6 Å². The summed E-state index contributed by atoms with van der Waals surface area (Å²) in [5.41, 5.74) is 3.11. The van der Waals surface area contributed by atoms with Gasteiger partial charge in [-0.2, -0.15) is 0 Å². The Kier molecular flexibility index (Phi) is 4.31. The highest BCUT2D eigenvalue weighted by Crippen LogP contribution is 2.17. The Morgan fingerprint density at radius 3 is 2.54 bits per heavy atom. The predicted octanol–water partition coefficient (Wildman–Crippen LogP) is 3.65. The molecule has 0 unspecified atom stereocenters. The molecular weight excluding hydrogens is 354 g/mol. The summed E-state index contributed by atoms with van der Waals surface area (Å²) >= 11 is 0. The lowest BCUT2D eigenvalue weighted by Gasteiger charge is -2.07. The average Bonchev–Trinajstić information content (AvgIpc) is 2.91. The van der Waals surface area contributed by atoms with Crippen LogP contribution in [-0.2, 0) is 7.05 Å². The number of nitrogens with zero attached hydrogens (tertiary/aromatic N) is 3. The highest BCUT2D eigenvalue weighted by atomic mass is 16.3. The molecule has 0 bridgehead atoms. The first kappa shape index (κ1) is 17.7. The van der Waals surface area contributed by atoms with Crippen LogP contribution < -0.4 is 11.0 Å². The fourth-order valence-corrected chi connectivity index (χ4v) is 3.19. The standard InChI is InChI=1S/C22H19N3O3/c1-14-9-10-19-18(11-14)21(26)16(13-28-19)12-23-20-15(2)24(3)25(22(20)27)17-7-5-4-6-8-17/h4-13H,1-3H3. The Hall–Kier alpha value is -3.67. The minimum atomic E-state index is -0.247. The monoisotopic (exact) mass is 373 g/mol. The molecule has 0 atom stereocenters. The van der Waals surface area contributed by atoms with E-state index < -0.39 is 0 Å². The van der Waals surface area contributed by atoms with Gasteiger partial charge in [0.15, 0.2) is 5.69 Å². The van der Waals surface area contributed by atoms with Crippen LogP contribution in [0.3, 0.4) is 0 Å². The Morgan fingerprint density at radius 1 is 1.04 bits per heavy atom. The molecule has 2 aromatic heterocycles. The van der Waals surface area contributed by atoms with Crippen molar-refractivity contribution in [1.82, 2.24) is 9.36 Å². The summed E-state index contributed by atoms with van der Waals surface area (Å²) in [4.78, 5) is 30.0. The quantitative estimate of drug-likeness (QED) is 0.515. The van der Waals surface area contributed by atoms with Gasteiger partial charge in [0.25, 0.3) is 5.56 Å². The van der Waals surface area contributed by atoms with E-state index in [-0.39, 0.29) is 16.7 Å². The van der Waals surface area contributed by atoms with Gasteiger partial charge in [0.2, 0.25) is 5.43 Å². The predicted molar refractivity (Wildman–Crippen MR) is 110 cm³/mol. The third-order valence-corrected chi connectivity index (χ3v) is 4.81. The van der Waals surface area contributed by atoms with Gasteiger partial charge >= 0.3 is 0 Å². The molecule has 0 aliphatic carbocycles. The molecule has 28 heavy (non-hydrogen) atoms. The minimum absolute atomic E-state index is 0.175. The second kappa shape index (κ2) is 6.81. The van der Waals surface area contributed by atoms with Crippen LogP contribution in [0, 0.1) is 13.8 Å². The SMILES string of the molecule is Cc1ccc2occ(C=Nc3c(C)n(C)n(-c4ccccc4)c3=O)c(=O)c2c1. The topological polar surface area (TPSA) is 69.5 Å². The molecule has 0 saturated heterocycles. The number of hydrogen-bond donors (Lipinski definition) is 0. The highest BCUT2D eigenvalue weighted by Gasteiger charge is 2.15. The molecule has 0 radical (unpaired) electrons. The maximum Gasteiger partial charge on any atom is 0.297 e. The molecule has 0 saturated carbocycles. The van der Waals surface area contributed by atoms with E-state index in [2.05, 4.69) is 4.99 Å². The molecule has 0 fully saturated rings. The summed E-state index contributed by atoms with van der Waals surface area (Å²) in [6, 6.07) is 14.8. The van der Waals surface area contributed by atoms with Crippen LogP contribution in [0.25, 0.3) is 16.7 Å². The molecule has 6 heteroatoms. The molecule has 4 rings (SSSR count). The van der Waals surface area contributed by atoms with Crippen LogP contribution in [0.1, 0.15) is 16.8 Å². The molecule has 0 N–H and O–H groups in total. The average molecular weight is 373 g/mol. The molecule has 0 spiro atoms. The Labute approximate surface area is 161 Å². The van der Waals surface area contributed by atoms with Crippen molar-refractivity contribution in [2.75, 3.05) is 0 Å². The zero-order valence-electron chi connectivity index (χ0n) is 15.8. The first-order valence-corrected chi connectivity index (χ1v) is 8.87. The first-order chi connectivity index (χ1) is 13.5. The molecule has 6 nitrogen and oxygen atoms in total. The lowest BCUT2D eigenvalue weighted by molar-refractivity contribution is 0.601. The van der Waals surface area contributed by atoms with Crippen molar-refractivity contribution in [3.05, 3.63) is 92.2 Å². The second-order valence-corrected chi connectivity index (χ2v) is 6.69. The maximum atomic E-state index is 12.9. The van der Waals surface area contributed by atoms with Gasteiger partial charge in [-0.05, 0) is 38.1 Å². The highest BCUT2D eigenvalue weighted by molar-refractivity contribution is 5.87. The minimum Gasteiger partial charge on any atom is -0.463 e. The van der Waals surface area contributed by atoms with Gasteiger partial charge in [-0.1, -0.05) is 29.8 Å². The zero-order chi connectivity index (χ0) is 19.8. The summed E-state index contributed by atoms with van der Waals surface area (Å²) in [5.74, 6) is 0. The summed E-state index contributed by atoms with van der Waals surface area (Å²) < 4.78 is 8.84. The Morgan fingerprint density at radius 2 is 1.79 bits per heavy atom. The van der Waals surface area contributed by atoms with E-state index in [4.69, 9.17) is 4.42 Å². The van der Waals surface area contributed by atoms with Crippen LogP contribution in [0.5, 0.6) is 0 Å². The molecule has 4 aromatic rings. The van der Waals surface area contributed by atoms with E-state index >= 15 is 0 Å². The number of rotatable bonds is 3. The van der Waals surface area contributed by atoms with Crippen LogP contribution in [0.4, 0.5) is 5.69 Å². The number of hydrogen-bond acceptors (Lipinski definition) is 4. The number of aliphatic imine (C=N–C) groups is 1. The molecule has 0 aliphatic heterocycles. The Bertz CT molecular complexity index is 1330. The molecule has 2 aromatic carbocycles. The third-order valence-electron chi connectivity index (χ3n) is 4.81. The van der Waals surface area contributed by atoms with Gasteiger partial charge in [0, 0.05) is 13.3 Å². The molecule has 140 valence electrons. The van der Waals surface area contributed by atoms with Crippen molar-refractivity contribution < 1.29 is 4.42 Å². The van der Waals surface area contributed by atoms with Gasteiger partial charge < -0.3 is 4.42 Å². The number of aromatic nitrogens is 2. The van der Waals surface area contributed by atoms with Gasteiger partial charge in [-0.25, -0.2) is 9.67 Å². The number of benzene rings is 2. The lowest BCUT2D eigenvalue weighted by atomic mass is 10.1. The van der Waals surface area contributed by atoms with E-state index in [0.717, 1.165) is 11.3 Å². The first-order valence-electron chi connectivity index (χ1n) is 8.87. The van der Waals surface area contributed by atoms with Gasteiger partial charge in [0.05, 0.1) is 22.3 Å². The normalized spacial score (nSPS) is 11.5. The van der Waals surface area contributed by atoms with Crippen LogP contribution in [0.15, 0.2) is 73.8 Å². The summed E-state index contributed by atoms with van der Waals surface area (Å²) in [7, 11) is 1.80. The number of aryl methyl sites for hydroxylation is 1. The third kappa shape index (κ3) is 2.89. The number of para-hydroxylation sites is 1. The van der Waals surface area contributed by atoms with Crippen LogP contribution >= 0.6 is 0 Å². The van der Waals surface area contributed by atoms with Crippen LogP contribution in [0.2, 0.25) is 0 Å². The second-order valence-electron chi connectivity index (χ2n) is 6.69. The van der Waals surface area contributed by atoms with Crippen molar-refractivity contribution in [2.24, 2.45) is 12.0 Å². The van der Waals surface area contributed by atoms with Crippen molar-refractivity contribution >= 4 is 22.9 Å². The molecule has 2 heterocycles. The largest absolute Gasteiger partial charge is 0.463 e. The van der Waals surface area contributed by atoms with E-state index in [9.17, 15) is 9.59 Å². The van der Waals surface area contributed by atoms with E-state index in [1.165, 1.54) is 12.5 Å². The zero-order valence-corrected chi connectivity index (χ0v) is 15.8. The van der Waals surface area contributed by atoms with Crippen molar-refractivity contribution in [3.8, 4) is 5.69 Å². The molecule has 0 amide bonds. The fourth-order valence-electron chi connectivity index (χ4n) is 3.19. The van der Waals surface area contributed by atoms with Crippen molar-refractivity contribution in [3.63, 3.8) is 0 Å². The smallest absolute Gasteiger partial charge is 0.297 e.